The van der Waals surface area contributed by atoms with Gasteiger partial charge in [-0.3, -0.25) is 4.98 Å². The molecule has 0 aliphatic rings. The van der Waals surface area contributed by atoms with Crippen LogP contribution in [0.25, 0.3) is 22.3 Å². The summed E-state index contributed by atoms with van der Waals surface area (Å²) in [5, 5.41) is 8.92. The van der Waals surface area contributed by atoms with Crippen LogP contribution in [0.1, 0.15) is 5.56 Å². The zero-order valence-electron chi connectivity index (χ0n) is 11.1. The minimum absolute atomic E-state index is 0.0395. The van der Waals surface area contributed by atoms with Crippen LogP contribution in [0, 0.1) is 17.1 Å². The van der Waals surface area contributed by atoms with Gasteiger partial charge in [-0.25, -0.2) is 4.39 Å². The summed E-state index contributed by atoms with van der Waals surface area (Å²) in [5.41, 5.74) is 3.72. The first-order chi connectivity index (χ1) is 10.3. The van der Waals surface area contributed by atoms with Crippen molar-refractivity contribution in [2.75, 3.05) is 0 Å². The molecule has 0 aliphatic heterocycles. The van der Waals surface area contributed by atoms with Gasteiger partial charge in [0.2, 0.25) is 0 Å². The fourth-order valence-electron chi connectivity index (χ4n) is 2.18. The number of hydrogen-bond acceptors (Lipinski definition) is 2. The average Bonchev–Trinajstić information content (AvgIpc) is 2.56. The van der Waals surface area contributed by atoms with Crippen molar-refractivity contribution in [2.24, 2.45) is 0 Å². The summed E-state index contributed by atoms with van der Waals surface area (Å²) >= 11 is 0. The fourth-order valence-corrected chi connectivity index (χ4v) is 2.18. The van der Waals surface area contributed by atoms with Crippen molar-refractivity contribution in [2.45, 2.75) is 0 Å². The van der Waals surface area contributed by atoms with Crippen LogP contribution in [-0.4, -0.2) is 4.98 Å². The van der Waals surface area contributed by atoms with E-state index in [0.29, 0.717) is 0 Å². The first kappa shape index (κ1) is 13.0. The van der Waals surface area contributed by atoms with Crippen LogP contribution in [0.2, 0.25) is 0 Å². The Labute approximate surface area is 122 Å². The van der Waals surface area contributed by atoms with Gasteiger partial charge in [0.25, 0.3) is 0 Å². The number of halogens is 1. The summed E-state index contributed by atoms with van der Waals surface area (Å²) in [6, 6.07) is 18.2. The lowest BCUT2D eigenvalue weighted by molar-refractivity contribution is 0.624. The maximum absolute atomic E-state index is 13.4. The molecule has 0 fully saturated rings. The van der Waals surface area contributed by atoms with Gasteiger partial charge in [0.05, 0.1) is 5.56 Å². The third-order valence-electron chi connectivity index (χ3n) is 3.27. The molecule has 1 aromatic heterocycles. The molecule has 0 radical (unpaired) electrons. The van der Waals surface area contributed by atoms with E-state index in [2.05, 4.69) is 4.98 Å². The Morgan fingerprint density at radius 3 is 2.24 bits per heavy atom. The molecule has 100 valence electrons. The molecule has 0 atom stereocenters. The fraction of sp³-hybridized carbons (Fsp3) is 0. The van der Waals surface area contributed by atoms with Crippen molar-refractivity contribution in [3.63, 3.8) is 0 Å². The first-order valence-electron chi connectivity index (χ1n) is 6.48. The van der Waals surface area contributed by atoms with Crippen molar-refractivity contribution in [1.29, 1.82) is 5.26 Å². The maximum atomic E-state index is 13.4. The van der Waals surface area contributed by atoms with Gasteiger partial charge in [-0.2, -0.15) is 5.26 Å². The molecule has 3 rings (SSSR count). The van der Waals surface area contributed by atoms with E-state index in [1.165, 1.54) is 6.07 Å². The van der Waals surface area contributed by atoms with Gasteiger partial charge in [-0.1, -0.05) is 36.4 Å². The third-order valence-corrected chi connectivity index (χ3v) is 3.27. The van der Waals surface area contributed by atoms with E-state index in [1.807, 2.05) is 42.5 Å². The lowest BCUT2D eigenvalue weighted by Crippen LogP contribution is -1.87. The molecule has 0 saturated carbocycles. The number of benzene rings is 2. The lowest BCUT2D eigenvalue weighted by Gasteiger charge is -2.06. The summed E-state index contributed by atoms with van der Waals surface area (Å²) in [6.07, 6.45) is 3.49. The topological polar surface area (TPSA) is 36.7 Å². The predicted molar refractivity (Wildman–Crippen MR) is 79.8 cm³/mol. The van der Waals surface area contributed by atoms with E-state index < -0.39 is 5.82 Å². The average molecular weight is 274 g/mol. The van der Waals surface area contributed by atoms with Crippen LogP contribution in [0.5, 0.6) is 0 Å². The Bertz CT molecular complexity index is 820. The van der Waals surface area contributed by atoms with Crippen LogP contribution in [0.3, 0.4) is 0 Å². The molecule has 0 N–H and O–H groups in total. The normalized spacial score (nSPS) is 10.1. The van der Waals surface area contributed by atoms with Crippen molar-refractivity contribution in [3.05, 3.63) is 78.4 Å². The molecular formula is C18H11FN2. The Morgan fingerprint density at radius 1 is 0.810 bits per heavy atom. The molecule has 21 heavy (non-hydrogen) atoms. The van der Waals surface area contributed by atoms with Crippen LogP contribution < -0.4 is 0 Å². The van der Waals surface area contributed by atoms with Crippen LogP contribution in [0.4, 0.5) is 4.39 Å². The molecule has 0 unspecified atom stereocenters. The van der Waals surface area contributed by atoms with Gasteiger partial charge in [0, 0.05) is 23.5 Å². The number of hydrogen-bond donors (Lipinski definition) is 0. The van der Waals surface area contributed by atoms with Crippen molar-refractivity contribution in [1.82, 2.24) is 4.98 Å². The molecule has 0 aliphatic carbocycles. The monoisotopic (exact) mass is 274 g/mol. The third kappa shape index (κ3) is 2.65. The minimum atomic E-state index is -0.506. The van der Waals surface area contributed by atoms with E-state index in [1.54, 1.807) is 24.5 Å². The van der Waals surface area contributed by atoms with E-state index in [9.17, 15) is 4.39 Å². The SMILES string of the molecule is N#Cc1cc(-c2cncc(-c3ccccc3)c2)ccc1F. The number of nitriles is 1. The molecule has 3 heteroatoms. The van der Waals surface area contributed by atoms with Crippen LogP contribution >= 0.6 is 0 Å². The van der Waals surface area contributed by atoms with Gasteiger partial charge in [-0.05, 0) is 29.3 Å². The minimum Gasteiger partial charge on any atom is -0.263 e. The largest absolute Gasteiger partial charge is 0.263 e. The second-order valence-corrected chi connectivity index (χ2v) is 4.63. The molecule has 0 saturated heterocycles. The molecule has 2 nitrogen and oxygen atoms in total. The van der Waals surface area contributed by atoms with Gasteiger partial charge in [0.15, 0.2) is 0 Å². The number of aromatic nitrogens is 1. The summed E-state index contributed by atoms with van der Waals surface area (Å²) < 4.78 is 13.4. The van der Waals surface area contributed by atoms with Gasteiger partial charge in [0.1, 0.15) is 11.9 Å². The summed E-state index contributed by atoms with van der Waals surface area (Å²) in [5.74, 6) is -0.506. The Morgan fingerprint density at radius 2 is 1.52 bits per heavy atom. The first-order valence-corrected chi connectivity index (χ1v) is 6.48. The maximum Gasteiger partial charge on any atom is 0.140 e. The molecule has 0 amide bonds. The summed E-state index contributed by atoms with van der Waals surface area (Å²) in [4.78, 5) is 4.24. The predicted octanol–water partition coefficient (Wildman–Crippen LogP) is 4.43. The quantitative estimate of drug-likeness (QED) is 0.693. The number of pyridine rings is 1. The van der Waals surface area contributed by atoms with Crippen molar-refractivity contribution in [3.8, 4) is 28.3 Å². The molecular weight excluding hydrogens is 263 g/mol. The van der Waals surface area contributed by atoms with Crippen molar-refractivity contribution < 1.29 is 4.39 Å². The molecule has 3 aromatic rings. The molecule has 0 spiro atoms. The Kier molecular flexibility index (Phi) is 3.44. The number of rotatable bonds is 2. The smallest absolute Gasteiger partial charge is 0.140 e. The second kappa shape index (κ2) is 5.56. The van der Waals surface area contributed by atoms with Crippen LogP contribution in [0.15, 0.2) is 67.0 Å². The zero-order valence-corrected chi connectivity index (χ0v) is 11.1. The summed E-state index contributed by atoms with van der Waals surface area (Å²) in [6.45, 7) is 0. The highest BCUT2D eigenvalue weighted by Gasteiger charge is 2.06. The molecule has 0 bridgehead atoms. The second-order valence-electron chi connectivity index (χ2n) is 4.63. The Balaban J connectivity index is 2.07. The van der Waals surface area contributed by atoms with E-state index >= 15 is 0 Å². The van der Waals surface area contributed by atoms with Gasteiger partial charge >= 0.3 is 0 Å². The number of nitrogens with zero attached hydrogens (tertiary/aromatic N) is 2. The van der Waals surface area contributed by atoms with Gasteiger partial charge in [-0.15, -0.1) is 0 Å². The zero-order chi connectivity index (χ0) is 14.7. The summed E-state index contributed by atoms with van der Waals surface area (Å²) in [7, 11) is 0. The molecule has 2 aromatic carbocycles. The van der Waals surface area contributed by atoms with E-state index in [4.69, 9.17) is 5.26 Å². The highest BCUT2D eigenvalue weighted by atomic mass is 19.1. The van der Waals surface area contributed by atoms with Gasteiger partial charge < -0.3 is 0 Å². The lowest BCUT2D eigenvalue weighted by atomic mass is 10.0. The highest BCUT2D eigenvalue weighted by molar-refractivity contribution is 5.72. The standard InChI is InChI=1S/C18H11FN2/c19-18-7-6-14(8-15(18)10-20)17-9-16(11-21-12-17)13-4-2-1-3-5-13/h1-9,11-12H. The van der Waals surface area contributed by atoms with Crippen LogP contribution in [-0.2, 0) is 0 Å². The van der Waals surface area contributed by atoms with E-state index in [0.717, 1.165) is 22.3 Å². The van der Waals surface area contributed by atoms with E-state index in [-0.39, 0.29) is 5.56 Å². The highest BCUT2D eigenvalue weighted by Crippen LogP contribution is 2.26. The van der Waals surface area contributed by atoms with Crippen molar-refractivity contribution >= 4 is 0 Å². The Hall–Kier alpha value is -2.99. The molecule has 1 heterocycles.